The minimum Gasteiger partial charge on any atom is -0.377 e. The Hall–Kier alpha value is -2.11. The maximum Gasteiger partial charge on any atom is 0.293 e. The third-order valence-corrected chi connectivity index (χ3v) is 3.63. The Labute approximate surface area is 124 Å². The second kappa shape index (κ2) is 6.11. The molecule has 0 radical (unpaired) electrons. The molecule has 1 atom stereocenters. The van der Waals surface area contributed by atoms with Crippen LogP contribution in [0.4, 0.5) is 11.4 Å². The normalized spacial score (nSPS) is 15.4. The van der Waals surface area contributed by atoms with Crippen LogP contribution in [0.15, 0.2) is 18.2 Å². The second-order valence-electron chi connectivity index (χ2n) is 5.91. The van der Waals surface area contributed by atoms with Gasteiger partial charge >= 0.3 is 0 Å². The summed E-state index contributed by atoms with van der Waals surface area (Å²) in [7, 11) is 3.25. The van der Waals surface area contributed by atoms with Gasteiger partial charge in [0, 0.05) is 31.8 Å². The maximum absolute atomic E-state index is 11.9. The molecule has 0 bridgehead atoms. The fraction of sp³-hybridized carbons (Fsp3) is 0.533. The Morgan fingerprint density at radius 3 is 2.67 bits per heavy atom. The van der Waals surface area contributed by atoms with Crippen LogP contribution in [0.3, 0.4) is 0 Å². The summed E-state index contributed by atoms with van der Waals surface area (Å²) in [5.74, 6) is 0.511. The molecule has 0 aliphatic heterocycles. The lowest BCUT2D eigenvalue weighted by Gasteiger charge is -2.16. The van der Waals surface area contributed by atoms with Crippen LogP contribution in [0.5, 0.6) is 0 Å². The first kappa shape index (κ1) is 15.3. The fourth-order valence-electron chi connectivity index (χ4n) is 2.37. The number of carbonyl (C=O) groups is 1. The number of nitro groups is 1. The summed E-state index contributed by atoms with van der Waals surface area (Å²) in [5.41, 5.74) is 0.751. The molecule has 1 amide bonds. The van der Waals surface area contributed by atoms with E-state index in [-0.39, 0.29) is 17.6 Å². The summed E-state index contributed by atoms with van der Waals surface area (Å²) in [6.07, 6.45) is 3.53. The molecule has 0 aromatic heterocycles. The quantitative estimate of drug-likeness (QED) is 0.646. The van der Waals surface area contributed by atoms with Gasteiger partial charge in [0.25, 0.3) is 11.6 Å². The molecular weight excluding hydrogens is 270 g/mol. The van der Waals surface area contributed by atoms with E-state index in [1.807, 2.05) is 6.92 Å². The number of carbonyl (C=O) groups excluding carboxylic acids is 1. The average molecular weight is 291 g/mol. The van der Waals surface area contributed by atoms with Gasteiger partial charge in [-0.2, -0.15) is 0 Å². The predicted octanol–water partition coefficient (Wildman–Crippen LogP) is 2.90. The molecule has 1 aromatic carbocycles. The van der Waals surface area contributed by atoms with Gasteiger partial charge in [0.05, 0.1) is 4.92 Å². The molecule has 0 saturated heterocycles. The lowest BCUT2D eigenvalue weighted by Crippen LogP contribution is -2.22. The zero-order valence-electron chi connectivity index (χ0n) is 12.6. The van der Waals surface area contributed by atoms with Gasteiger partial charge in [-0.1, -0.05) is 12.8 Å². The molecular formula is C15H21N3O3. The van der Waals surface area contributed by atoms with E-state index in [1.54, 1.807) is 26.2 Å². The van der Waals surface area contributed by atoms with E-state index in [4.69, 9.17) is 0 Å². The lowest BCUT2D eigenvalue weighted by atomic mass is 10.1. The monoisotopic (exact) mass is 291 g/mol. The number of nitro benzene ring substituents is 1. The summed E-state index contributed by atoms with van der Waals surface area (Å²) >= 11 is 0. The number of hydrogen-bond acceptors (Lipinski definition) is 4. The highest BCUT2D eigenvalue weighted by Gasteiger charge is 2.25. The van der Waals surface area contributed by atoms with Crippen molar-refractivity contribution in [1.29, 1.82) is 0 Å². The van der Waals surface area contributed by atoms with Crippen LogP contribution in [0.2, 0.25) is 0 Å². The third-order valence-electron chi connectivity index (χ3n) is 3.63. The van der Waals surface area contributed by atoms with Crippen molar-refractivity contribution in [2.24, 2.45) is 5.92 Å². The van der Waals surface area contributed by atoms with E-state index >= 15 is 0 Å². The zero-order chi connectivity index (χ0) is 15.6. The van der Waals surface area contributed by atoms with Crippen LogP contribution >= 0.6 is 0 Å². The largest absolute Gasteiger partial charge is 0.377 e. The number of anilines is 1. The Balaban J connectivity index is 2.19. The van der Waals surface area contributed by atoms with Crippen molar-refractivity contribution in [3.63, 3.8) is 0 Å². The molecule has 1 unspecified atom stereocenters. The van der Waals surface area contributed by atoms with E-state index in [2.05, 4.69) is 5.32 Å². The Bertz CT molecular complexity index is 553. The standard InChI is InChI=1S/C15H21N3O3/c1-10(8-11-4-5-11)16-13-7-6-12(15(19)17(2)3)9-14(13)18(20)21/h6-7,9-11,16H,4-5,8H2,1-3H3. The van der Waals surface area contributed by atoms with E-state index in [9.17, 15) is 14.9 Å². The first-order chi connectivity index (χ1) is 9.88. The van der Waals surface area contributed by atoms with E-state index in [1.165, 1.54) is 23.8 Å². The molecule has 6 heteroatoms. The van der Waals surface area contributed by atoms with Gasteiger partial charge < -0.3 is 10.2 Å². The van der Waals surface area contributed by atoms with Crippen molar-refractivity contribution in [2.75, 3.05) is 19.4 Å². The van der Waals surface area contributed by atoms with E-state index < -0.39 is 4.92 Å². The van der Waals surface area contributed by atoms with Gasteiger partial charge in [0.1, 0.15) is 5.69 Å². The van der Waals surface area contributed by atoms with Gasteiger partial charge in [-0.25, -0.2) is 0 Å². The molecule has 0 spiro atoms. The summed E-state index contributed by atoms with van der Waals surface area (Å²) < 4.78 is 0. The van der Waals surface area contributed by atoms with Gasteiger partial charge in [0.2, 0.25) is 0 Å². The van der Waals surface area contributed by atoms with Crippen molar-refractivity contribution < 1.29 is 9.72 Å². The highest BCUT2D eigenvalue weighted by molar-refractivity contribution is 5.95. The van der Waals surface area contributed by atoms with Crippen molar-refractivity contribution in [2.45, 2.75) is 32.2 Å². The Kier molecular flexibility index (Phi) is 4.45. The molecule has 114 valence electrons. The highest BCUT2D eigenvalue weighted by atomic mass is 16.6. The first-order valence-electron chi connectivity index (χ1n) is 7.15. The minimum absolute atomic E-state index is 0.0506. The van der Waals surface area contributed by atoms with Crippen molar-refractivity contribution in [1.82, 2.24) is 4.90 Å². The number of hydrogen-bond donors (Lipinski definition) is 1. The van der Waals surface area contributed by atoms with Gasteiger partial charge in [-0.05, 0) is 31.4 Å². The fourth-order valence-corrected chi connectivity index (χ4v) is 2.37. The smallest absolute Gasteiger partial charge is 0.293 e. The maximum atomic E-state index is 11.9. The second-order valence-corrected chi connectivity index (χ2v) is 5.91. The molecule has 1 fully saturated rings. The Morgan fingerprint density at radius 1 is 1.48 bits per heavy atom. The third kappa shape index (κ3) is 3.93. The summed E-state index contributed by atoms with van der Waals surface area (Å²) in [6, 6.07) is 4.78. The topological polar surface area (TPSA) is 75.5 Å². The predicted molar refractivity (Wildman–Crippen MR) is 81.5 cm³/mol. The van der Waals surface area contributed by atoms with Crippen LogP contribution in [0.1, 0.15) is 36.5 Å². The number of amides is 1. The van der Waals surface area contributed by atoms with Crippen LogP contribution < -0.4 is 5.32 Å². The number of benzene rings is 1. The van der Waals surface area contributed by atoms with E-state index in [0.717, 1.165) is 12.3 Å². The lowest BCUT2D eigenvalue weighted by molar-refractivity contribution is -0.384. The van der Waals surface area contributed by atoms with Crippen LogP contribution in [-0.4, -0.2) is 35.9 Å². The van der Waals surface area contributed by atoms with Gasteiger partial charge in [0.15, 0.2) is 0 Å². The number of nitrogens with zero attached hydrogens (tertiary/aromatic N) is 2. The molecule has 0 heterocycles. The summed E-state index contributed by atoms with van der Waals surface area (Å²) in [4.78, 5) is 24.1. The first-order valence-corrected chi connectivity index (χ1v) is 7.15. The molecule has 21 heavy (non-hydrogen) atoms. The molecule has 1 saturated carbocycles. The molecule has 6 nitrogen and oxygen atoms in total. The van der Waals surface area contributed by atoms with Crippen molar-refractivity contribution >= 4 is 17.3 Å². The van der Waals surface area contributed by atoms with Crippen molar-refractivity contribution in [3.05, 3.63) is 33.9 Å². The van der Waals surface area contributed by atoms with Crippen molar-refractivity contribution in [3.8, 4) is 0 Å². The van der Waals surface area contributed by atoms with Gasteiger partial charge in [-0.15, -0.1) is 0 Å². The van der Waals surface area contributed by atoms with Crippen LogP contribution in [0.25, 0.3) is 0 Å². The molecule has 2 rings (SSSR count). The molecule has 1 N–H and O–H groups in total. The van der Waals surface area contributed by atoms with Crippen LogP contribution in [0, 0.1) is 16.0 Å². The Morgan fingerprint density at radius 2 is 2.14 bits per heavy atom. The number of rotatable bonds is 6. The minimum atomic E-state index is -0.446. The SMILES string of the molecule is CC(CC1CC1)Nc1ccc(C(=O)N(C)C)cc1[N+](=O)[O-]. The van der Waals surface area contributed by atoms with Crippen LogP contribution in [-0.2, 0) is 0 Å². The summed E-state index contributed by atoms with van der Waals surface area (Å²) in [5, 5.41) is 14.4. The summed E-state index contributed by atoms with van der Waals surface area (Å²) in [6.45, 7) is 2.03. The highest BCUT2D eigenvalue weighted by Crippen LogP contribution is 2.35. The zero-order valence-corrected chi connectivity index (χ0v) is 12.6. The number of nitrogens with one attached hydrogen (secondary N) is 1. The molecule has 1 aromatic rings. The van der Waals surface area contributed by atoms with Gasteiger partial charge in [-0.3, -0.25) is 14.9 Å². The molecule has 1 aliphatic rings. The average Bonchev–Trinajstić information content (AvgIpc) is 3.21. The molecule has 1 aliphatic carbocycles. The van der Waals surface area contributed by atoms with E-state index in [0.29, 0.717) is 11.3 Å².